The molecule has 0 radical (unpaired) electrons. The van der Waals surface area contributed by atoms with Crippen LogP contribution in [0, 0.1) is 11.8 Å². The summed E-state index contributed by atoms with van der Waals surface area (Å²) < 4.78 is 28.8. The number of hydrogen-bond donors (Lipinski definition) is 3. The lowest BCUT2D eigenvalue weighted by Crippen LogP contribution is -2.45. The molecule has 0 fully saturated rings. The third-order valence-corrected chi connectivity index (χ3v) is 11.9. The fourth-order valence-electron chi connectivity index (χ4n) is 4.26. The molecule has 0 aromatic heterocycles. The number of fused-ring (bicyclic) bond motifs is 2. The molecule has 0 spiro atoms. The molecule has 35 heavy (non-hydrogen) atoms. The molecule has 1 unspecified atom stereocenters. The Morgan fingerprint density at radius 1 is 0.800 bits per heavy atom. The lowest BCUT2D eigenvalue weighted by atomic mass is 9.80. The second-order valence-corrected chi connectivity index (χ2v) is 15.4. The summed E-state index contributed by atoms with van der Waals surface area (Å²) >= 11 is 0. The van der Waals surface area contributed by atoms with E-state index in [1.807, 2.05) is 18.2 Å². The van der Waals surface area contributed by atoms with E-state index in [9.17, 15) is 15.3 Å². The second-order valence-electron chi connectivity index (χ2n) is 10.7. The van der Waals surface area contributed by atoms with Gasteiger partial charge in [0, 0.05) is 25.0 Å². The fourth-order valence-corrected chi connectivity index (χ4v) is 5.56. The maximum Gasteiger partial charge on any atom is 0.231 e. The molecular weight excluding hydrogens is 468 g/mol. The first-order valence-electron chi connectivity index (χ1n) is 11.9. The third-order valence-electron chi connectivity index (χ3n) is 7.46. The van der Waals surface area contributed by atoms with Crippen LogP contribution in [-0.2, 0) is 4.43 Å². The molecule has 2 aliphatic heterocycles. The summed E-state index contributed by atoms with van der Waals surface area (Å²) in [6, 6.07) is 10.8. The molecule has 8 nitrogen and oxygen atoms in total. The monoisotopic (exact) mass is 504 g/mol. The zero-order valence-electron chi connectivity index (χ0n) is 21.0. The van der Waals surface area contributed by atoms with Gasteiger partial charge in [0.05, 0.1) is 12.2 Å². The van der Waals surface area contributed by atoms with Crippen LogP contribution in [0.3, 0.4) is 0 Å². The molecule has 0 bridgehead atoms. The number of ether oxygens (including phenoxy) is 4. The molecule has 9 heteroatoms. The van der Waals surface area contributed by atoms with Gasteiger partial charge in [-0.1, -0.05) is 32.9 Å². The molecule has 0 saturated carbocycles. The van der Waals surface area contributed by atoms with Crippen LogP contribution in [-0.4, -0.2) is 50.4 Å². The minimum absolute atomic E-state index is 0.0910. The number of aliphatic hydroxyl groups is 3. The zero-order chi connectivity index (χ0) is 25.4. The molecule has 0 saturated heterocycles. The lowest BCUT2D eigenvalue weighted by Gasteiger charge is -2.43. The molecule has 3 N–H and O–H groups in total. The van der Waals surface area contributed by atoms with E-state index in [0.717, 1.165) is 5.56 Å². The Morgan fingerprint density at radius 2 is 1.29 bits per heavy atom. The van der Waals surface area contributed by atoms with E-state index in [1.165, 1.54) is 0 Å². The van der Waals surface area contributed by atoms with Gasteiger partial charge < -0.3 is 38.7 Å². The van der Waals surface area contributed by atoms with Crippen molar-refractivity contribution in [2.24, 2.45) is 11.8 Å². The largest absolute Gasteiger partial charge is 0.454 e. The zero-order valence-corrected chi connectivity index (χ0v) is 22.0. The number of hydrogen-bond acceptors (Lipinski definition) is 8. The maximum atomic E-state index is 11.4. The minimum atomic E-state index is -2.32. The fraction of sp³-hybridized carbons (Fsp3) is 0.538. The Kier molecular flexibility index (Phi) is 7.35. The Morgan fingerprint density at radius 3 is 1.80 bits per heavy atom. The molecule has 2 aromatic rings. The van der Waals surface area contributed by atoms with Gasteiger partial charge >= 0.3 is 0 Å². The van der Waals surface area contributed by atoms with Crippen LogP contribution in [0.4, 0.5) is 0 Å². The van der Waals surface area contributed by atoms with Crippen molar-refractivity contribution in [1.82, 2.24) is 0 Å². The highest BCUT2D eigenvalue weighted by atomic mass is 28.4. The molecule has 4 rings (SSSR count). The molecule has 0 amide bonds. The molecule has 2 heterocycles. The highest BCUT2D eigenvalue weighted by molar-refractivity contribution is 6.74. The number of aliphatic hydroxyl groups excluding tert-OH is 3. The molecular formula is C26H36O8Si. The van der Waals surface area contributed by atoms with Gasteiger partial charge in [0.1, 0.15) is 0 Å². The average Bonchev–Trinajstić information content (AvgIpc) is 3.48. The maximum absolute atomic E-state index is 11.4. The summed E-state index contributed by atoms with van der Waals surface area (Å²) in [5.41, 5.74) is 1.37. The molecule has 2 aromatic carbocycles. The second kappa shape index (κ2) is 9.98. The van der Waals surface area contributed by atoms with Gasteiger partial charge in [-0.3, -0.25) is 0 Å². The van der Waals surface area contributed by atoms with Crippen molar-refractivity contribution in [3.8, 4) is 23.0 Å². The molecule has 192 valence electrons. The summed E-state index contributed by atoms with van der Waals surface area (Å²) in [4.78, 5) is 0. The van der Waals surface area contributed by atoms with Crippen LogP contribution in [0.15, 0.2) is 36.4 Å². The van der Waals surface area contributed by atoms with Gasteiger partial charge in [-0.05, 0) is 53.5 Å². The topological polar surface area (TPSA) is 107 Å². The van der Waals surface area contributed by atoms with Gasteiger partial charge in [-0.2, -0.15) is 0 Å². The normalized spacial score (nSPS) is 18.3. The van der Waals surface area contributed by atoms with Crippen LogP contribution < -0.4 is 18.9 Å². The van der Waals surface area contributed by atoms with Crippen molar-refractivity contribution in [3.05, 3.63) is 47.5 Å². The van der Waals surface area contributed by atoms with Gasteiger partial charge in [-0.15, -0.1) is 0 Å². The Labute approximate surface area is 207 Å². The molecule has 0 aliphatic carbocycles. The van der Waals surface area contributed by atoms with Gasteiger partial charge in [-0.25, -0.2) is 0 Å². The Hall–Kier alpha value is -2.30. The van der Waals surface area contributed by atoms with E-state index in [0.29, 0.717) is 28.6 Å². The number of rotatable bonds is 9. The highest BCUT2D eigenvalue weighted by Crippen LogP contribution is 2.47. The van der Waals surface area contributed by atoms with Gasteiger partial charge in [0.2, 0.25) is 13.6 Å². The van der Waals surface area contributed by atoms with Crippen molar-refractivity contribution in [1.29, 1.82) is 0 Å². The molecule has 4 atom stereocenters. The van der Waals surface area contributed by atoms with Crippen LogP contribution in [0.2, 0.25) is 18.1 Å². The third kappa shape index (κ3) is 5.15. The van der Waals surface area contributed by atoms with Crippen LogP contribution in [0.5, 0.6) is 23.0 Å². The van der Waals surface area contributed by atoms with Crippen molar-refractivity contribution < 1.29 is 38.7 Å². The summed E-state index contributed by atoms with van der Waals surface area (Å²) in [5, 5.41) is 32.3. The summed E-state index contributed by atoms with van der Waals surface area (Å²) in [6.45, 7) is 10.4. The first-order valence-corrected chi connectivity index (χ1v) is 14.8. The van der Waals surface area contributed by atoms with E-state index in [2.05, 4.69) is 33.9 Å². The summed E-state index contributed by atoms with van der Waals surface area (Å²) in [7, 11) is -2.32. The quantitative estimate of drug-likeness (QED) is 0.437. The van der Waals surface area contributed by atoms with Crippen molar-refractivity contribution in [3.63, 3.8) is 0 Å². The van der Waals surface area contributed by atoms with Crippen LogP contribution >= 0.6 is 0 Å². The van der Waals surface area contributed by atoms with Crippen molar-refractivity contribution >= 4 is 8.32 Å². The average molecular weight is 505 g/mol. The Balaban J connectivity index is 1.71. The molecule has 2 aliphatic rings. The SMILES string of the molecule is CC(C)(C)[Si](C)(C)O[C@@H](c1ccc2c(c1)OCO2)[C@@H](CO)[C@H](CO)C(O)c1ccc2c(c1)OCO2. The van der Waals surface area contributed by atoms with Crippen LogP contribution in [0.1, 0.15) is 44.1 Å². The summed E-state index contributed by atoms with van der Waals surface area (Å²) in [5.74, 6) is 1.11. The van der Waals surface area contributed by atoms with Crippen molar-refractivity contribution in [2.45, 2.75) is 51.1 Å². The van der Waals surface area contributed by atoms with E-state index in [-0.39, 0.29) is 31.8 Å². The highest BCUT2D eigenvalue weighted by Gasteiger charge is 2.44. The summed E-state index contributed by atoms with van der Waals surface area (Å²) in [6.07, 6.45) is -1.65. The van der Waals surface area contributed by atoms with Crippen LogP contribution in [0.25, 0.3) is 0 Å². The standard InChI is InChI=1S/C26H36O8Si/c1-26(2,3)35(4,5)34-25(17-7-9-21-23(11-17)33-15-31-21)19(13-28)18(12-27)24(29)16-6-8-20-22(10-16)32-14-30-20/h6-11,18-19,24-25,27-29H,12-15H2,1-5H3/t18-,19-,24?,25-/m0/s1. The van der Waals surface area contributed by atoms with Gasteiger partial charge in [0.25, 0.3) is 0 Å². The minimum Gasteiger partial charge on any atom is -0.454 e. The van der Waals surface area contributed by atoms with E-state index in [4.69, 9.17) is 23.4 Å². The first-order chi connectivity index (χ1) is 16.6. The van der Waals surface area contributed by atoms with E-state index < -0.39 is 32.4 Å². The van der Waals surface area contributed by atoms with E-state index in [1.54, 1.807) is 18.2 Å². The predicted octanol–water partition coefficient (Wildman–Crippen LogP) is 4.16. The van der Waals surface area contributed by atoms with E-state index >= 15 is 0 Å². The Bertz CT molecular complexity index is 1030. The van der Waals surface area contributed by atoms with Gasteiger partial charge in [0.15, 0.2) is 31.3 Å². The van der Waals surface area contributed by atoms with Crippen molar-refractivity contribution in [2.75, 3.05) is 26.8 Å². The number of benzene rings is 2. The predicted molar refractivity (Wildman–Crippen MR) is 132 cm³/mol. The lowest BCUT2D eigenvalue weighted by molar-refractivity contribution is -0.0379. The first kappa shape index (κ1) is 25.8. The smallest absolute Gasteiger partial charge is 0.231 e.